The van der Waals surface area contributed by atoms with E-state index in [4.69, 9.17) is 5.11 Å². The first-order valence-electron chi connectivity index (χ1n) is 6.71. The average molecular weight is 281 g/mol. The number of rotatable bonds is 5. The summed E-state index contributed by atoms with van der Waals surface area (Å²) < 4.78 is 0. The lowest BCUT2D eigenvalue weighted by Gasteiger charge is -2.19. The van der Waals surface area contributed by atoms with Crippen LogP contribution in [0.15, 0.2) is 6.07 Å². The Balaban J connectivity index is 1.96. The van der Waals surface area contributed by atoms with E-state index >= 15 is 0 Å². The van der Waals surface area contributed by atoms with Gasteiger partial charge in [0.2, 0.25) is 0 Å². The molecule has 0 bridgehead atoms. The molecule has 0 saturated carbocycles. The van der Waals surface area contributed by atoms with E-state index in [1.165, 1.54) is 23.3 Å². The summed E-state index contributed by atoms with van der Waals surface area (Å²) in [6.07, 6.45) is 4.51. The van der Waals surface area contributed by atoms with Crippen molar-refractivity contribution in [1.29, 1.82) is 0 Å². The normalized spacial score (nSPS) is 17.8. The number of carboxylic acid groups (broad SMARTS) is 1. The van der Waals surface area contributed by atoms with Crippen LogP contribution < -0.4 is 5.32 Å². The molecule has 104 valence electrons. The van der Waals surface area contributed by atoms with E-state index in [-0.39, 0.29) is 18.9 Å². The minimum absolute atomic E-state index is 0.0330. The first-order chi connectivity index (χ1) is 9.10. The van der Waals surface area contributed by atoms with Gasteiger partial charge in [0.05, 0.1) is 11.3 Å². The maximum absolute atomic E-state index is 11.9. The topological polar surface area (TPSA) is 66.4 Å². The summed E-state index contributed by atoms with van der Waals surface area (Å²) in [4.78, 5) is 24.3. The lowest BCUT2D eigenvalue weighted by atomic mass is 9.87. The van der Waals surface area contributed by atoms with Gasteiger partial charge in [0.1, 0.15) is 0 Å². The van der Waals surface area contributed by atoms with Crippen LogP contribution in [0.4, 0.5) is 0 Å². The SMILES string of the molecule is CCC1CCc2sc(C(=O)NCCC(=O)O)cc2C1. The summed E-state index contributed by atoms with van der Waals surface area (Å²) in [6, 6.07) is 1.98. The highest BCUT2D eigenvalue weighted by atomic mass is 32.1. The predicted molar refractivity (Wildman–Crippen MR) is 74.7 cm³/mol. The molecule has 1 heterocycles. The number of aliphatic carboxylic acids is 1. The molecule has 1 unspecified atom stereocenters. The van der Waals surface area contributed by atoms with Crippen LogP contribution in [0.3, 0.4) is 0 Å². The smallest absolute Gasteiger partial charge is 0.305 e. The van der Waals surface area contributed by atoms with Gasteiger partial charge in [0, 0.05) is 11.4 Å². The minimum atomic E-state index is -0.892. The third-order valence-corrected chi connectivity index (χ3v) is 4.85. The number of aryl methyl sites for hydroxylation is 1. The van der Waals surface area contributed by atoms with E-state index in [9.17, 15) is 9.59 Å². The Morgan fingerprint density at radius 3 is 3.00 bits per heavy atom. The molecule has 1 aliphatic carbocycles. The lowest BCUT2D eigenvalue weighted by Crippen LogP contribution is -2.25. The molecule has 5 heteroatoms. The fourth-order valence-corrected chi connectivity index (χ4v) is 3.55. The summed E-state index contributed by atoms with van der Waals surface area (Å²) in [5.41, 5.74) is 1.31. The van der Waals surface area contributed by atoms with Crippen LogP contribution in [0, 0.1) is 5.92 Å². The van der Waals surface area contributed by atoms with Crippen molar-refractivity contribution in [2.45, 2.75) is 39.0 Å². The summed E-state index contributed by atoms with van der Waals surface area (Å²) >= 11 is 1.56. The highest BCUT2D eigenvalue weighted by molar-refractivity contribution is 7.14. The van der Waals surface area contributed by atoms with Gasteiger partial charge in [-0.3, -0.25) is 9.59 Å². The molecule has 0 fully saturated rings. The first kappa shape index (κ1) is 14.1. The Morgan fingerprint density at radius 2 is 2.32 bits per heavy atom. The Morgan fingerprint density at radius 1 is 1.53 bits per heavy atom. The molecule has 0 spiro atoms. The van der Waals surface area contributed by atoms with E-state index in [0.717, 1.165) is 18.8 Å². The molecule has 2 rings (SSSR count). The molecule has 0 aromatic carbocycles. The molecular weight excluding hydrogens is 262 g/mol. The van der Waals surface area contributed by atoms with E-state index in [1.807, 2.05) is 6.07 Å². The fraction of sp³-hybridized carbons (Fsp3) is 0.571. The quantitative estimate of drug-likeness (QED) is 0.871. The number of fused-ring (bicyclic) bond motifs is 1. The third-order valence-electron chi connectivity index (χ3n) is 3.61. The van der Waals surface area contributed by atoms with E-state index in [1.54, 1.807) is 11.3 Å². The Labute approximate surface area is 116 Å². The largest absolute Gasteiger partial charge is 0.481 e. The monoisotopic (exact) mass is 281 g/mol. The zero-order valence-electron chi connectivity index (χ0n) is 11.1. The average Bonchev–Trinajstić information content (AvgIpc) is 2.80. The zero-order valence-corrected chi connectivity index (χ0v) is 11.9. The van der Waals surface area contributed by atoms with Gasteiger partial charge >= 0.3 is 5.97 Å². The Kier molecular flexibility index (Phi) is 4.58. The number of thiophene rings is 1. The molecule has 0 saturated heterocycles. The maximum Gasteiger partial charge on any atom is 0.305 e. The standard InChI is InChI=1S/C14H19NO3S/c1-2-9-3-4-11-10(7-9)8-12(19-11)14(18)15-6-5-13(16)17/h8-9H,2-7H2,1H3,(H,15,18)(H,16,17). The van der Waals surface area contributed by atoms with Gasteiger partial charge in [-0.25, -0.2) is 0 Å². The highest BCUT2D eigenvalue weighted by Gasteiger charge is 2.21. The van der Waals surface area contributed by atoms with Crippen molar-refractivity contribution in [1.82, 2.24) is 5.32 Å². The van der Waals surface area contributed by atoms with Crippen LogP contribution in [-0.2, 0) is 17.6 Å². The second kappa shape index (κ2) is 6.19. The van der Waals surface area contributed by atoms with Crippen molar-refractivity contribution in [3.05, 3.63) is 21.4 Å². The van der Waals surface area contributed by atoms with Crippen molar-refractivity contribution in [2.75, 3.05) is 6.54 Å². The molecule has 4 nitrogen and oxygen atoms in total. The number of carboxylic acids is 1. The number of carbonyl (C=O) groups is 2. The predicted octanol–water partition coefficient (Wildman–Crippen LogP) is 2.47. The fourth-order valence-electron chi connectivity index (χ4n) is 2.43. The molecule has 2 N–H and O–H groups in total. The van der Waals surface area contributed by atoms with Crippen molar-refractivity contribution in [3.63, 3.8) is 0 Å². The van der Waals surface area contributed by atoms with Gasteiger partial charge in [-0.15, -0.1) is 11.3 Å². The summed E-state index contributed by atoms with van der Waals surface area (Å²) in [6.45, 7) is 2.40. The molecule has 0 radical (unpaired) electrons. The van der Waals surface area contributed by atoms with Crippen LogP contribution in [0.5, 0.6) is 0 Å². The second-order valence-electron chi connectivity index (χ2n) is 4.98. The van der Waals surface area contributed by atoms with Gasteiger partial charge in [-0.1, -0.05) is 13.3 Å². The highest BCUT2D eigenvalue weighted by Crippen LogP contribution is 2.33. The molecule has 1 aromatic rings. The van der Waals surface area contributed by atoms with Gasteiger partial charge < -0.3 is 10.4 Å². The van der Waals surface area contributed by atoms with E-state index in [2.05, 4.69) is 12.2 Å². The van der Waals surface area contributed by atoms with Crippen LogP contribution in [0.25, 0.3) is 0 Å². The van der Waals surface area contributed by atoms with Crippen molar-refractivity contribution >= 4 is 23.2 Å². The number of hydrogen-bond donors (Lipinski definition) is 2. The Bertz CT molecular complexity index is 481. The van der Waals surface area contributed by atoms with Gasteiger partial charge in [0.25, 0.3) is 5.91 Å². The van der Waals surface area contributed by atoms with Crippen LogP contribution in [0.2, 0.25) is 0 Å². The summed E-state index contributed by atoms with van der Waals surface area (Å²) in [7, 11) is 0. The first-order valence-corrected chi connectivity index (χ1v) is 7.53. The molecule has 0 aliphatic heterocycles. The van der Waals surface area contributed by atoms with Crippen LogP contribution >= 0.6 is 11.3 Å². The van der Waals surface area contributed by atoms with Crippen LogP contribution in [0.1, 0.15) is 46.3 Å². The van der Waals surface area contributed by atoms with Gasteiger partial charge in [-0.05, 0) is 36.8 Å². The number of carbonyl (C=O) groups excluding carboxylic acids is 1. The number of nitrogens with one attached hydrogen (secondary N) is 1. The second-order valence-corrected chi connectivity index (χ2v) is 6.11. The molecule has 1 aliphatic rings. The molecule has 1 amide bonds. The summed E-state index contributed by atoms with van der Waals surface area (Å²) in [5, 5.41) is 11.2. The maximum atomic E-state index is 11.9. The molecule has 19 heavy (non-hydrogen) atoms. The molecular formula is C14H19NO3S. The van der Waals surface area contributed by atoms with Crippen LogP contribution in [-0.4, -0.2) is 23.5 Å². The van der Waals surface area contributed by atoms with Crippen molar-refractivity contribution < 1.29 is 14.7 Å². The van der Waals surface area contributed by atoms with Gasteiger partial charge in [-0.2, -0.15) is 0 Å². The lowest BCUT2D eigenvalue weighted by molar-refractivity contribution is -0.136. The van der Waals surface area contributed by atoms with Crippen molar-refractivity contribution in [3.8, 4) is 0 Å². The van der Waals surface area contributed by atoms with Gasteiger partial charge in [0.15, 0.2) is 0 Å². The minimum Gasteiger partial charge on any atom is -0.481 e. The Hall–Kier alpha value is -1.36. The number of amides is 1. The zero-order chi connectivity index (χ0) is 13.8. The van der Waals surface area contributed by atoms with E-state index < -0.39 is 5.97 Å². The van der Waals surface area contributed by atoms with Crippen molar-refractivity contribution in [2.24, 2.45) is 5.92 Å². The summed E-state index contributed by atoms with van der Waals surface area (Å²) in [5.74, 6) is -0.296. The molecule has 1 atom stereocenters. The number of hydrogen-bond acceptors (Lipinski definition) is 3. The third kappa shape index (κ3) is 3.56. The van der Waals surface area contributed by atoms with E-state index in [0.29, 0.717) is 4.88 Å². The molecule has 1 aromatic heterocycles.